The predicted octanol–water partition coefficient (Wildman–Crippen LogP) is 27.5. The Labute approximate surface area is 664 Å². The molecular weight excluding hydrogens is 1400 g/mol. The number of carbonyl (C=O) groups excluding carboxylic acids is 4. The first-order valence-corrected chi connectivity index (χ1v) is 49.2. The number of phosphoric acid groups is 2. The van der Waals surface area contributed by atoms with E-state index >= 15 is 0 Å². The molecule has 0 saturated carbocycles. The number of esters is 4. The van der Waals surface area contributed by atoms with Crippen LogP contribution in [0.1, 0.15) is 484 Å². The molecule has 0 heterocycles. The average Bonchev–Trinajstić information content (AvgIpc) is 0.898. The second-order valence-electron chi connectivity index (χ2n) is 32.2. The van der Waals surface area contributed by atoms with Crippen LogP contribution in [0.5, 0.6) is 0 Å². The molecule has 0 aromatic carbocycles. The molecule has 0 aromatic heterocycles. The van der Waals surface area contributed by atoms with Gasteiger partial charge in [-0.05, 0) is 31.6 Å². The fourth-order valence-corrected chi connectivity index (χ4v) is 15.5. The van der Waals surface area contributed by atoms with Crippen molar-refractivity contribution in [3.05, 3.63) is 0 Å². The van der Waals surface area contributed by atoms with Gasteiger partial charge in [0.2, 0.25) is 0 Å². The Kier molecular flexibility index (Phi) is 80.2. The van der Waals surface area contributed by atoms with Crippen LogP contribution in [0.3, 0.4) is 0 Å². The molecule has 0 bridgehead atoms. The predicted molar refractivity (Wildman–Crippen MR) is 446 cm³/mol. The Bertz CT molecular complexity index is 2050. The molecule has 0 rings (SSSR count). The number of unbranched alkanes of at least 4 members (excludes halogenated alkanes) is 60. The maximum absolute atomic E-state index is 13.2. The van der Waals surface area contributed by atoms with Crippen LogP contribution in [-0.4, -0.2) is 96.7 Å². The summed E-state index contributed by atoms with van der Waals surface area (Å²) in [5.74, 6) is -1.32. The highest BCUT2D eigenvalue weighted by Crippen LogP contribution is 2.45. The molecule has 0 aliphatic heterocycles. The van der Waals surface area contributed by atoms with Crippen molar-refractivity contribution in [3.8, 4) is 0 Å². The third kappa shape index (κ3) is 80.7. The zero-order valence-electron chi connectivity index (χ0n) is 71.0. The van der Waals surface area contributed by atoms with Gasteiger partial charge < -0.3 is 33.8 Å². The van der Waals surface area contributed by atoms with Crippen molar-refractivity contribution in [3.63, 3.8) is 0 Å². The summed E-state index contributed by atoms with van der Waals surface area (Å²) in [5.41, 5.74) is 0. The molecule has 17 nitrogen and oxygen atoms in total. The molecule has 6 atom stereocenters. The van der Waals surface area contributed by atoms with Crippen LogP contribution in [0.25, 0.3) is 0 Å². The standard InChI is InChI=1S/C89H174O17P2/c1-6-10-13-16-19-22-25-28-31-34-36-37-39-41-44-47-50-53-60-65-70-75-88(93)105-84(78-99-86(91)72-67-62-57-51-48-45-43-40-38-35-32-29-26-23-20-17-14-11-7-2)80-103-107(95,96)101-76-83(90)77-102-108(97,98)104-81-85(79-100-87(92)73-68-63-58-55-54-56-61-66-71-82(5)9-4)106-89(94)74-69-64-59-52-49-46-42-33-30-27-24-21-18-15-12-8-3/h82-85,90H,6-81H2,1-5H3,(H,95,96)(H,97,98)/t82?,83-,84-,85-/m1/s1. The van der Waals surface area contributed by atoms with Gasteiger partial charge in [-0.2, -0.15) is 0 Å². The highest BCUT2D eigenvalue weighted by Gasteiger charge is 2.31. The first kappa shape index (κ1) is 106. The Morgan fingerprint density at radius 1 is 0.259 bits per heavy atom. The number of rotatable bonds is 89. The number of hydrogen-bond donors (Lipinski definition) is 3. The van der Waals surface area contributed by atoms with Gasteiger partial charge in [0.25, 0.3) is 0 Å². The molecule has 0 aliphatic carbocycles. The van der Waals surface area contributed by atoms with Gasteiger partial charge >= 0.3 is 39.5 Å². The normalized spacial score (nSPS) is 14.0. The Balaban J connectivity index is 5.25. The van der Waals surface area contributed by atoms with Crippen molar-refractivity contribution >= 4 is 39.5 Å². The van der Waals surface area contributed by atoms with Gasteiger partial charge in [-0.1, -0.05) is 433 Å². The van der Waals surface area contributed by atoms with Crippen molar-refractivity contribution in [1.29, 1.82) is 0 Å². The van der Waals surface area contributed by atoms with Crippen LogP contribution in [0.2, 0.25) is 0 Å². The summed E-state index contributed by atoms with van der Waals surface area (Å²) in [7, 11) is -9.93. The lowest BCUT2D eigenvalue weighted by Gasteiger charge is -2.21. The van der Waals surface area contributed by atoms with Crippen molar-refractivity contribution in [2.75, 3.05) is 39.6 Å². The first-order valence-electron chi connectivity index (χ1n) is 46.2. The van der Waals surface area contributed by atoms with E-state index in [1.807, 2.05) is 0 Å². The van der Waals surface area contributed by atoms with E-state index < -0.39 is 97.5 Å². The van der Waals surface area contributed by atoms with Crippen LogP contribution in [0, 0.1) is 5.92 Å². The van der Waals surface area contributed by atoms with Crippen LogP contribution < -0.4 is 0 Å². The lowest BCUT2D eigenvalue weighted by atomic mass is 9.99. The molecule has 642 valence electrons. The third-order valence-electron chi connectivity index (χ3n) is 21.4. The molecule has 3 unspecified atom stereocenters. The van der Waals surface area contributed by atoms with Crippen molar-refractivity contribution < 1.29 is 80.2 Å². The van der Waals surface area contributed by atoms with Gasteiger partial charge in [0, 0.05) is 25.7 Å². The SMILES string of the molecule is CCCCCCCCCCCCCCCCCCCCCCCC(=O)O[C@H](COC(=O)CCCCCCCCCCCCCCCCCCCCC)COP(=O)(O)OC[C@@H](O)COP(=O)(O)OC[C@@H](COC(=O)CCCCCCCCCCC(C)CC)OC(=O)CCCCCCCCCCCCCCCCCC. The second kappa shape index (κ2) is 81.6. The van der Waals surface area contributed by atoms with E-state index in [0.29, 0.717) is 25.7 Å². The number of aliphatic hydroxyl groups is 1. The summed E-state index contributed by atoms with van der Waals surface area (Å²) >= 11 is 0. The van der Waals surface area contributed by atoms with Crippen LogP contribution in [0.15, 0.2) is 0 Å². The van der Waals surface area contributed by atoms with Gasteiger partial charge in [-0.3, -0.25) is 37.3 Å². The van der Waals surface area contributed by atoms with Gasteiger partial charge in [0.05, 0.1) is 26.4 Å². The summed E-state index contributed by atoms with van der Waals surface area (Å²) in [4.78, 5) is 73.4. The summed E-state index contributed by atoms with van der Waals surface area (Å²) in [6.07, 6.45) is 76.4. The zero-order chi connectivity index (χ0) is 79.0. The summed E-state index contributed by atoms with van der Waals surface area (Å²) in [6.45, 7) is 7.39. The first-order chi connectivity index (χ1) is 52.6. The van der Waals surface area contributed by atoms with Crippen molar-refractivity contribution in [1.82, 2.24) is 0 Å². The summed E-state index contributed by atoms with van der Waals surface area (Å²) < 4.78 is 69.0. The number of aliphatic hydroxyl groups excluding tert-OH is 1. The quantitative estimate of drug-likeness (QED) is 0.0222. The van der Waals surface area contributed by atoms with Gasteiger partial charge in [-0.25, -0.2) is 9.13 Å². The molecule has 19 heteroatoms. The molecule has 108 heavy (non-hydrogen) atoms. The molecule has 0 saturated heterocycles. The minimum Gasteiger partial charge on any atom is -0.462 e. The molecule has 0 aliphatic rings. The molecule has 0 spiro atoms. The zero-order valence-corrected chi connectivity index (χ0v) is 72.8. The Morgan fingerprint density at radius 2 is 0.444 bits per heavy atom. The highest BCUT2D eigenvalue weighted by molar-refractivity contribution is 7.47. The van der Waals surface area contributed by atoms with Crippen LogP contribution >= 0.6 is 15.6 Å². The Morgan fingerprint density at radius 3 is 0.657 bits per heavy atom. The average molecular weight is 1580 g/mol. The van der Waals surface area contributed by atoms with Gasteiger partial charge in [0.1, 0.15) is 19.3 Å². The molecule has 0 fully saturated rings. The second-order valence-corrected chi connectivity index (χ2v) is 35.1. The van der Waals surface area contributed by atoms with E-state index in [1.54, 1.807) is 0 Å². The Hall–Kier alpha value is -1.94. The minimum atomic E-state index is -4.97. The molecular formula is C89H174O17P2. The van der Waals surface area contributed by atoms with E-state index in [0.717, 1.165) is 95.8 Å². The van der Waals surface area contributed by atoms with E-state index in [-0.39, 0.29) is 25.7 Å². The van der Waals surface area contributed by atoms with Crippen molar-refractivity contribution in [2.24, 2.45) is 5.92 Å². The van der Waals surface area contributed by atoms with E-state index in [1.165, 1.54) is 308 Å². The lowest BCUT2D eigenvalue weighted by molar-refractivity contribution is -0.161. The summed E-state index contributed by atoms with van der Waals surface area (Å²) in [5, 5.41) is 10.7. The monoisotopic (exact) mass is 1580 g/mol. The van der Waals surface area contributed by atoms with Crippen LogP contribution in [0.4, 0.5) is 0 Å². The molecule has 3 N–H and O–H groups in total. The van der Waals surface area contributed by atoms with E-state index in [4.69, 9.17) is 37.0 Å². The molecule has 0 aromatic rings. The fraction of sp³-hybridized carbons (Fsp3) is 0.955. The number of hydrogen-bond acceptors (Lipinski definition) is 15. The maximum Gasteiger partial charge on any atom is 0.472 e. The summed E-state index contributed by atoms with van der Waals surface area (Å²) in [6, 6.07) is 0. The van der Waals surface area contributed by atoms with E-state index in [9.17, 15) is 43.2 Å². The maximum atomic E-state index is 13.2. The van der Waals surface area contributed by atoms with Gasteiger partial charge in [-0.15, -0.1) is 0 Å². The van der Waals surface area contributed by atoms with Crippen molar-refractivity contribution in [2.45, 2.75) is 502 Å². The number of ether oxygens (including phenoxy) is 4. The highest BCUT2D eigenvalue weighted by atomic mass is 31.2. The third-order valence-corrected chi connectivity index (χ3v) is 23.3. The fourth-order valence-electron chi connectivity index (χ4n) is 14.0. The van der Waals surface area contributed by atoms with Gasteiger partial charge in [0.15, 0.2) is 12.2 Å². The largest absolute Gasteiger partial charge is 0.472 e. The molecule has 0 radical (unpaired) electrons. The van der Waals surface area contributed by atoms with Crippen LogP contribution in [-0.2, 0) is 65.4 Å². The minimum absolute atomic E-state index is 0.108. The number of carbonyl (C=O) groups is 4. The topological polar surface area (TPSA) is 237 Å². The van der Waals surface area contributed by atoms with E-state index in [2.05, 4.69) is 34.6 Å². The smallest absolute Gasteiger partial charge is 0.462 e. The number of phosphoric ester groups is 2. The lowest BCUT2D eigenvalue weighted by Crippen LogP contribution is -2.30. The molecule has 0 amide bonds.